The molecule has 4 rings (SSSR count). The third-order valence-corrected chi connectivity index (χ3v) is 5.77. The summed E-state index contributed by atoms with van der Waals surface area (Å²) in [7, 11) is 0. The molecule has 6 nitrogen and oxygen atoms in total. The molecule has 1 amide bonds. The van der Waals surface area contributed by atoms with E-state index in [4.69, 9.17) is 0 Å². The van der Waals surface area contributed by atoms with E-state index in [1.165, 1.54) is 6.08 Å². The Balaban J connectivity index is 1.67. The molecule has 2 aromatic rings. The Morgan fingerprint density at radius 3 is 2.55 bits per heavy atom. The predicted octanol–water partition coefficient (Wildman–Crippen LogP) is 4.30. The molecule has 2 aliphatic heterocycles. The average Bonchev–Trinajstić information content (AvgIpc) is 3.16. The first-order valence-electron chi connectivity index (χ1n) is 9.80. The van der Waals surface area contributed by atoms with Gasteiger partial charge in [-0.05, 0) is 11.1 Å². The summed E-state index contributed by atoms with van der Waals surface area (Å²) in [6, 6.07) is 5.99. The van der Waals surface area contributed by atoms with E-state index in [0.717, 1.165) is 12.3 Å². The quantitative estimate of drug-likeness (QED) is 0.502. The zero-order valence-electron chi connectivity index (χ0n) is 17.0. The van der Waals surface area contributed by atoms with Gasteiger partial charge in [-0.1, -0.05) is 43.3 Å². The van der Waals surface area contributed by atoms with Crippen LogP contribution in [0.3, 0.4) is 0 Å². The zero-order valence-corrected chi connectivity index (χ0v) is 17.0. The largest absolute Gasteiger partial charge is 0.422 e. The number of dihydropyridines is 1. The maximum Gasteiger partial charge on any atom is 0.422 e. The summed E-state index contributed by atoms with van der Waals surface area (Å²) in [6.07, 6.45) is -7.67. The lowest BCUT2D eigenvalue weighted by molar-refractivity contribution is -0.267. The van der Waals surface area contributed by atoms with Crippen LogP contribution < -0.4 is 10.6 Å². The molecule has 33 heavy (non-hydrogen) atoms. The molecule has 3 atom stereocenters. The fourth-order valence-corrected chi connectivity index (χ4v) is 3.97. The van der Waals surface area contributed by atoms with Crippen molar-refractivity contribution in [2.75, 3.05) is 5.32 Å². The van der Waals surface area contributed by atoms with Crippen molar-refractivity contribution < 1.29 is 36.2 Å². The Labute approximate surface area is 183 Å². The lowest BCUT2D eigenvalue weighted by Gasteiger charge is -2.34. The highest BCUT2D eigenvalue weighted by molar-refractivity contribution is 5.94. The van der Waals surface area contributed by atoms with E-state index < -0.39 is 59.2 Å². The van der Waals surface area contributed by atoms with Crippen LogP contribution in [0.4, 0.5) is 32.2 Å². The first-order chi connectivity index (χ1) is 15.3. The molecule has 176 valence electrons. The normalized spacial score (nSPS) is 23.9. The number of amides is 1. The number of anilines is 1. The van der Waals surface area contributed by atoms with Gasteiger partial charge < -0.3 is 15.7 Å². The van der Waals surface area contributed by atoms with Gasteiger partial charge in [0.15, 0.2) is 11.4 Å². The van der Waals surface area contributed by atoms with Crippen LogP contribution in [0.25, 0.3) is 0 Å². The van der Waals surface area contributed by atoms with Gasteiger partial charge in [-0.15, -0.1) is 0 Å². The van der Waals surface area contributed by atoms with Gasteiger partial charge in [0.25, 0.3) is 0 Å². The van der Waals surface area contributed by atoms with Crippen LogP contribution in [0.5, 0.6) is 0 Å². The standard InChI is InChI=1S/C21H18F6N4O2/c1-10(17-16-18(31-30-17)29-15(32)8-19(16,33)21(25,26)27)11-3-2-4-12(7-11)14-6-5-13(9-28-14)20(22,23)24/h2-7,9-10,14,28,33H,8H2,1H3,(H2,29,30,31,32). The summed E-state index contributed by atoms with van der Waals surface area (Å²) in [6.45, 7) is 1.59. The van der Waals surface area contributed by atoms with Gasteiger partial charge in [0.1, 0.15) is 0 Å². The molecule has 0 radical (unpaired) electrons. The van der Waals surface area contributed by atoms with Gasteiger partial charge in [0, 0.05) is 12.1 Å². The number of nitrogens with one attached hydrogen (secondary N) is 3. The number of carbonyl (C=O) groups excluding carboxylic acids is 1. The monoisotopic (exact) mass is 472 g/mol. The van der Waals surface area contributed by atoms with E-state index in [-0.39, 0.29) is 5.69 Å². The van der Waals surface area contributed by atoms with Crippen LogP contribution in [0, 0.1) is 0 Å². The molecule has 2 aliphatic rings. The number of fused-ring (bicyclic) bond motifs is 1. The molecule has 1 aromatic carbocycles. The fraction of sp³-hybridized carbons (Fsp3) is 0.333. The van der Waals surface area contributed by atoms with Crippen LogP contribution >= 0.6 is 0 Å². The Kier molecular flexibility index (Phi) is 5.31. The minimum atomic E-state index is -5.13. The number of aliphatic hydroxyl groups is 1. The molecule has 4 N–H and O–H groups in total. The molecule has 0 fully saturated rings. The van der Waals surface area contributed by atoms with Crippen molar-refractivity contribution in [2.45, 2.75) is 43.3 Å². The van der Waals surface area contributed by atoms with Crippen molar-refractivity contribution in [2.24, 2.45) is 0 Å². The summed E-state index contributed by atoms with van der Waals surface area (Å²) in [5.74, 6) is -2.14. The Morgan fingerprint density at radius 1 is 1.21 bits per heavy atom. The van der Waals surface area contributed by atoms with Crippen LogP contribution in [0.15, 0.2) is 48.2 Å². The number of nitrogens with zero attached hydrogens (tertiary/aromatic N) is 1. The van der Waals surface area contributed by atoms with Gasteiger partial charge in [0.2, 0.25) is 5.91 Å². The molecule has 12 heteroatoms. The second-order valence-corrected chi connectivity index (χ2v) is 7.94. The highest BCUT2D eigenvalue weighted by Gasteiger charge is 2.61. The molecular formula is C21H18F6N4O2. The summed E-state index contributed by atoms with van der Waals surface area (Å²) in [5, 5.41) is 21.6. The van der Waals surface area contributed by atoms with Crippen LogP contribution in [0.2, 0.25) is 0 Å². The molecule has 0 saturated heterocycles. The third kappa shape index (κ3) is 3.99. The molecule has 3 heterocycles. The SMILES string of the molecule is CC(c1cccc(C2C=CC(C(F)(F)F)=CN2)c1)c1[nH]nc2c1C(O)(C(F)(F)F)CC(=O)N2. The van der Waals surface area contributed by atoms with Gasteiger partial charge in [-0.3, -0.25) is 9.89 Å². The van der Waals surface area contributed by atoms with Crippen molar-refractivity contribution in [3.63, 3.8) is 0 Å². The number of H-pyrrole nitrogens is 1. The highest BCUT2D eigenvalue weighted by atomic mass is 19.4. The molecular weight excluding hydrogens is 454 g/mol. The minimum absolute atomic E-state index is 0.0339. The van der Waals surface area contributed by atoms with Crippen molar-refractivity contribution in [3.8, 4) is 0 Å². The number of hydrogen-bond acceptors (Lipinski definition) is 4. The Morgan fingerprint density at radius 2 is 1.94 bits per heavy atom. The van der Waals surface area contributed by atoms with Crippen molar-refractivity contribution >= 4 is 11.7 Å². The van der Waals surface area contributed by atoms with Crippen molar-refractivity contribution in [1.29, 1.82) is 0 Å². The number of allylic oxidation sites excluding steroid dienone is 2. The van der Waals surface area contributed by atoms with Crippen molar-refractivity contribution in [3.05, 3.63) is 70.6 Å². The molecule has 3 unspecified atom stereocenters. The van der Waals surface area contributed by atoms with Crippen LogP contribution in [-0.4, -0.2) is 33.6 Å². The molecule has 0 aliphatic carbocycles. The number of halogens is 6. The maximum absolute atomic E-state index is 13.8. The number of aromatic amines is 1. The van der Waals surface area contributed by atoms with E-state index in [9.17, 15) is 36.2 Å². The lowest BCUT2D eigenvalue weighted by atomic mass is 9.82. The second kappa shape index (κ2) is 7.65. The predicted molar refractivity (Wildman–Crippen MR) is 105 cm³/mol. The second-order valence-electron chi connectivity index (χ2n) is 7.94. The summed E-state index contributed by atoms with van der Waals surface area (Å²) in [5.41, 5.74) is -3.72. The van der Waals surface area contributed by atoms with E-state index >= 15 is 0 Å². The van der Waals surface area contributed by atoms with E-state index in [1.807, 2.05) is 0 Å². The van der Waals surface area contributed by atoms with Gasteiger partial charge >= 0.3 is 12.4 Å². The van der Waals surface area contributed by atoms with Gasteiger partial charge in [-0.25, -0.2) is 0 Å². The Hall–Kier alpha value is -3.28. The number of hydrogen-bond donors (Lipinski definition) is 4. The van der Waals surface area contributed by atoms with E-state index in [2.05, 4.69) is 20.8 Å². The molecule has 0 saturated carbocycles. The Bertz CT molecular complexity index is 1150. The smallest absolute Gasteiger partial charge is 0.380 e. The number of benzene rings is 1. The summed E-state index contributed by atoms with van der Waals surface area (Å²) >= 11 is 0. The highest BCUT2D eigenvalue weighted by Crippen LogP contribution is 2.49. The van der Waals surface area contributed by atoms with Crippen LogP contribution in [-0.2, 0) is 10.4 Å². The maximum atomic E-state index is 13.8. The fourth-order valence-electron chi connectivity index (χ4n) is 3.97. The molecule has 1 aromatic heterocycles. The van der Waals surface area contributed by atoms with E-state index in [0.29, 0.717) is 11.1 Å². The topological polar surface area (TPSA) is 90.0 Å². The third-order valence-electron chi connectivity index (χ3n) is 5.77. The lowest BCUT2D eigenvalue weighted by Crippen LogP contribution is -2.48. The summed E-state index contributed by atoms with van der Waals surface area (Å²) < 4.78 is 79.7. The zero-order chi connectivity index (χ0) is 24.2. The first-order valence-corrected chi connectivity index (χ1v) is 9.80. The number of carbonyl (C=O) groups is 1. The summed E-state index contributed by atoms with van der Waals surface area (Å²) in [4.78, 5) is 11.7. The number of aromatic nitrogens is 2. The van der Waals surface area contributed by atoms with E-state index in [1.54, 1.807) is 31.2 Å². The first kappa shape index (κ1) is 22.9. The number of alkyl halides is 6. The van der Waals surface area contributed by atoms with Crippen molar-refractivity contribution in [1.82, 2.24) is 15.5 Å². The van der Waals surface area contributed by atoms with Crippen LogP contribution in [0.1, 0.15) is 47.7 Å². The average molecular weight is 472 g/mol. The minimum Gasteiger partial charge on any atom is -0.380 e. The van der Waals surface area contributed by atoms with Gasteiger partial charge in [0.05, 0.1) is 29.3 Å². The number of rotatable bonds is 3. The van der Waals surface area contributed by atoms with Gasteiger partial charge in [-0.2, -0.15) is 31.4 Å². The molecule has 0 spiro atoms. The molecule has 0 bridgehead atoms.